The van der Waals surface area contributed by atoms with E-state index in [1.165, 1.54) is 6.07 Å². The van der Waals surface area contributed by atoms with E-state index in [9.17, 15) is 8.78 Å². The van der Waals surface area contributed by atoms with Crippen LogP contribution in [0.25, 0.3) is 0 Å². The molecular weight excluding hydrogens is 260 g/mol. The molecule has 4 heteroatoms. The Kier molecular flexibility index (Phi) is 4.23. The molecule has 1 N–H and O–H groups in total. The third-order valence-electron chi connectivity index (χ3n) is 3.23. The number of methoxy groups -OCH3 is 1. The Bertz CT molecular complexity index is 613. The van der Waals surface area contributed by atoms with E-state index in [1.54, 1.807) is 14.0 Å². The lowest BCUT2D eigenvalue weighted by Gasteiger charge is -2.18. The molecule has 2 rings (SSSR count). The first kappa shape index (κ1) is 14.3. The van der Waals surface area contributed by atoms with Crippen LogP contribution in [0.5, 0.6) is 5.75 Å². The number of rotatable bonds is 4. The van der Waals surface area contributed by atoms with Crippen molar-refractivity contribution in [1.82, 2.24) is 0 Å². The average Bonchev–Trinajstić information content (AvgIpc) is 2.43. The molecule has 0 radical (unpaired) electrons. The highest BCUT2D eigenvalue weighted by Gasteiger charge is 2.13. The fourth-order valence-corrected chi connectivity index (χ4v) is 2.08. The molecule has 0 saturated heterocycles. The molecule has 0 aliphatic carbocycles. The maximum Gasteiger partial charge on any atom is 0.128 e. The number of halogens is 2. The van der Waals surface area contributed by atoms with Crippen molar-refractivity contribution in [3.05, 3.63) is 59.2 Å². The Morgan fingerprint density at radius 2 is 1.85 bits per heavy atom. The van der Waals surface area contributed by atoms with Crippen molar-refractivity contribution < 1.29 is 13.5 Å². The van der Waals surface area contributed by atoms with Crippen molar-refractivity contribution in [2.75, 3.05) is 12.4 Å². The maximum atomic E-state index is 13.7. The number of ether oxygens (including phenoxy) is 1. The molecule has 0 aliphatic heterocycles. The first-order valence-corrected chi connectivity index (χ1v) is 6.37. The van der Waals surface area contributed by atoms with Gasteiger partial charge in [0.05, 0.1) is 13.2 Å². The SMILES string of the molecule is COc1ccc(NC(C)c2cc(F)ccc2F)c(C)c1. The summed E-state index contributed by atoms with van der Waals surface area (Å²) in [5, 5.41) is 3.18. The fourth-order valence-electron chi connectivity index (χ4n) is 2.08. The van der Waals surface area contributed by atoms with Crippen molar-refractivity contribution >= 4 is 5.69 Å². The number of hydrogen-bond donors (Lipinski definition) is 1. The van der Waals surface area contributed by atoms with E-state index in [-0.39, 0.29) is 6.04 Å². The van der Waals surface area contributed by atoms with E-state index < -0.39 is 11.6 Å². The highest BCUT2D eigenvalue weighted by molar-refractivity contribution is 5.54. The molecule has 0 saturated carbocycles. The standard InChI is InChI=1S/C16H17F2NO/c1-10-8-13(20-3)5-7-16(10)19-11(2)14-9-12(17)4-6-15(14)18/h4-9,11,19H,1-3H3. The predicted octanol–water partition coefficient (Wildman–Crippen LogP) is 4.45. The van der Waals surface area contributed by atoms with E-state index in [0.29, 0.717) is 5.56 Å². The third kappa shape index (κ3) is 3.07. The monoisotopic (exact) mass is 277 g/mol. The van der Waals surface area contributed by atoms with Crippen molar-refractivity contribution in [3.8, 4) is 5.75 Å². The molecule has 0 spiro atoms. The van der Waals surface area contributed by atoms with Crippen LogP contribution in [0.4, 0.5) is 14.5 Å². The summed E-state index contributed by atoms with van der Waals surface area (Å²) in [4.78, 5) is 0. The van der Waals surface area contributed by atoms with Crippen LogP contribution in [-0.4, -0.2) is 7.11 Å². The molecule has 0 aliphatic rings. The second kappa shape index (κ2) is 5.90. The van der Waals surface area contributed by atoms with Crippen molar-refractivity contribution in [3.63, 3.8) is 0 Å². The molecule has 106 valence electrons. The van der Waals surface area contributed by atoms with Crippen LogP contribution >= 0.6 is 0 Å². The molecule has 0 aromatic heterocycles. The predicted molar refractivity (Wildman–Crippen MR) is 76.1 cm³/mol. The zero-order chi connectivity index (χ0) is 14.7. The molecule has 0 heterocycles. The van der Waals surface area contributed by atoms with Gasteiger partial charge in [0.2, 0.25) is 0 Å². The Morgan fingerprint density at radius 3 is 2.50 bits per heavy atom. The number of nitrogens with one attached hydrogen (secondary N) is 1. The van der Waals surface area contributed by atoms with Crippen molar-refractivity contribution in [2.45, 2.75) is 19.9 Å². The number of aryl methyl sites for hydroxylation is 1. The highest BCUT2D eigenvalue weighted by Crippen LogP contribution is 2.26. The van der Waals surface area contributed by atoms with Gasteiger partial charge in [-0.3, -0.25) is 0 Å². The van der Waals surface area contributed by atoms with Gasteiger partial charge in [0, 0.05) is 11.3 Å². The lowest BCUT2D eigenvalue weighted by Crippen LogP contribution is -2.10. The van der Waals surface area contributed by atoms with Crippen molar-refractivity contribution in [1.29, 1.82) is 0 Å². The fraction of sp³-hybridized carbons (Fsp3) is 0.250. The first-order valence-electron chi connectivity index (χ1n) is 6.37. The van der Waals surface area contributed by atoms with Gasteiger partial charge in [-0.15, -0.1) is 0 Å². The molecule has 2 aromatic rings. The number of benzene rings is 2. The Hall–Kier alpha value is -2.10. The smallest absolute Gasteiger partial charge is 0.128 e. The van der Waals surface area contributed by atoms with E-state index in [4.69, 9.17) is 4.74 Å². The van der Waals surface area contributed by atoms with Crippen LogP contribution < -0.4 is 10.1 Å². The zero-order valence-electron chi connectivity index (χ0n) is 11.7. The van der Waals surface area contributed by atoms with Crippen molar-refractivity contribution in [2.24, 2.45) is 0 Å². The van der Waals surface area contributed by atoms with Gasteiger partial charge in [0.25, 0.3) is 0 Å². The van der Waals surface area contributed by atoms with Crippen LogP contribution in [0.3, 0.4) is 0 Å². The second-order valence-corrected chi connectivity index (χ2v) is 4.71. The van der Waals surface area contributed by atoms with E-state index in [0.717, 1.165) is 29.1 Å². The van der Waals surface area contributed by atoms with Gasteiger partial charge in [-0.2, -0.15) is 0 Å². The second-order valence-electron chi connectivity index (χ2n) is 4.71. The molecule has 0 amide bonds. The van der Waals surface area contributed by atoms with Gasteiger partial charge in [0.15, 0.2) is 0 Å². The number of anilines is 1. The van der Waals surface area contributed by atoms with Gasteiger partial charge in [-0.05, 0) is 55.8 Å². The lowest BCUT2D eigenvalue weighted by molar-refractivity contribution is 0.414. The largest absolute Gasteiger partial charge is 0.497 e. The summed E-state index contributed by atoms with van der Waals surface area (Å²) in [6, 6.07) is 8.71. The first-order chi connectivity index (χ1) is 9.51. The summed E-state index contributed by atoms with van der Waals surface area (Å²) < 4.78 is 32.1. The van der Waals surface area contributed by atoms with Gasteiger partial charge < -0.3 is 10.1 Å². The average molecular weight is 277 g/mol. The van der Waals surface area contributed by atoms with E-state index in [1.807, 2.05) is 25.1 Å². The molecule has 1 unspecified atom stereocenters. The molecular formula is C16H17F2NO. The van der Waals surface area contributed by atoms with Gasteiger partial charge in [-0.1, -0.05) is 0 Å². The molecule has 0 bridgehead atoms. The highest BCUT2D eigenvalue weighted by atomic mass is 19.1. The maximum absolute atomic E-state index is 13.7. The summed E-state index contributed by atoms with van der Waals surface area (Å²) in [5.41, 5.74) is 2.15. The minimum absolute atomic E-state index is 0.306. The normalized spacial score (nSPS) is 12.1. The third-order valence-corrected chi connectivity index (χ3v) is 3.23. The quantitative estimate of drug-likeness (QED) is 0.891. The van der Waals surface area contributed by atoms with Gasteiger partial charge in [-0.25, -0.2) is 8.78 Å². The van der Waals surface area contributed by atoms with Gasteiger partial charge in [0.1, 0.15) is 17.4 Å². The summed E-state index contributed by atoms with van der Waals surface area (Å²) in [7, 11) is 1.60. The van der Waals surface area contributed by atoms with Gasteiger partial charge >= 0.3 is 0 Å². The Balaban J connectivity index is 2.23. The zero-order valence-corrected chi connectivity index (χ0v) is 11.7. The Morgan fingerprint density at radius 1 is 1.10 bits per heavy atom. The summed E-state index contributed by atoms with van der Waals surface area (Å²) in [6.45, 7) is 3.72. The topological polar surface area (TPSA) is 21.3 Å². The lowest BCUT2D eigenvalue weighted by atomic mass is 10.1. The molecule has 1 atom stereocenters. The van der Waals surface area contributed by atoms with Crippen LogP contribution in [0.2, 0.25) is 0 Å². The summed E-state index contributed by atoms with van der Waals surface area (Å²) >= 11 is 0. The molecule has 2 nitrogen and oxygen atoms in total. The summed E-state index contributed by atoms with van der Waals surface area (Å²) in [5.74, 6) is -0.100. The number of hydrogen-bond acceptors (Lipinski definition) is 2. The van der Waals surface area contributed by atoms with E-state index in [2.05, 4.69) is 5.32 Å². The minimum atomic E-state index is -0.443. The van der Waals surface area contributed by atoms with Crippen LogP contribution in [-0.2, 0) is 0 Å². The van der Waals surface area contributed by atoms with Crippen LogP contribution in [0, 0.1) is 18.6 Å². The minimum Gasteiger partial charge on any atom is -0.497 e. The molecule has 20 heavy (non-hydrogen) atoms. The van der Waals surface area contributed by atoms with Crippen LogP contribution in [0.1, 0.15) is 24.1 Å². The van der Waals surface area contributed by atoms with E-state index >= 15 is 0 Å². The Labute approximate surface area is 117 Å². The summed E-state index contributed by atoms with van der Waals surface area (Å²) in [6.07, 6.45) is 0. The molecule has 2 aromatic carbocycles. The molecule has 0 fully saturated rings. The van der Waals surface area contributed by atoms with Crippen LogP contribution in [0.15, 0.2) is 36.4 Å².